The molecule has 9 nitrogen and oxygen atoms in total. The lowest BCUT2D eigenvalue weighted by molar-refractivity contribution is 0.0695. The highest BCUT2D eigenvalue weighted by Gasteiger charge is 2.22. The zero-order valence-electron chi connectivity index (χ0n) is 19.7. The average molecular weight is 527 g/mol. The Labute approximate surface area is 212 Å². The van der Waals surface area contributed by atoms with Gasteiger partial charge >= 0.3 is 11.9 Å². The van der Waals surface area contributed by atoms with Gasteiger partial charge < -0.3 is 19.9 Å². The van der Waals surface area contributed by atoms with E-state index in [1.165, 1.54) is 43.5 Å². The van der Waals surface area contributed by atoms with E-state index in [9.17, 15) is 32.6 Å². The number of nitrogens with two attached hydrogens (primary N) is 1. The number of aromatic amines is 1. The fraction of sp³-hybridized carbons (Fsp3) is 0.0769. The molecule has 4 aromatic rings. The number of hydrogen-bond acceptors (Lipinski definition) is 5. The fourth-order valence-electron chi connectivity index (χ4n) is 3.62. The highest BCUT2D eigenvalue weighted by Crippen LogP contribution is 2.33. The third-order valence-corrected chi connectivity index (χ3v) is 6.32. The van der Waals surface area contributed by atoms with Gasteiger partial charge in [-0.25, -0.2) is 27.5 Å². The van der Waals surface area contributed by atoms with Crippen LogP contribution in [-0.2, 0) is 10.0 Å². The molecule has 3 aromatic carbocycles. The number of H-pyrrole nitrogens is 1. The van der Waals surface area contributed by atoms with Crippen molar-refractivity contribution < 1.29 is 37.3 Å². The summed E-state index contributed by atoms with van der Waals surface area (Å²) in [5.74, 6) is -3.26. The molecule has 0 saturated carbocycles. The summed E-state index contributed by atoms with van der Waals surface area (Å²) in [7, 11) is -2.30. The predicted molar refractivity (Wildman–Crippen MR) is 135 cm³/mol. The van der Waals surface area contributed by atoms with E-state index in [2.05, 4.69) is 4.98 Å². The Morgan fingerprint density at radius 1 is 0.946 bits per heavy atom. The maximum Gasteiger partial charge on any atom is 0.336 e. The van der Waals surface area contributed by atoms with Crippen LogP contribution in [0.25, 0.3) is 22.4 Å². The van der Waals surface area contributed by atoms with Crippen molar-refractivity contribution in [1.29, 1.82) is 0 Å². The number of methoxy groups -OCH3 is 1. The van der Waals surface area contributed by atoms with Crippen molar-refractivity contribution in [2.75, 3.05) is 7.11 Å². The first-order valence-electron chi connectivity index (χ1n) is 10.6. The minimum absolute atomic E-state index is 0.00912. The quantitative estimate of drug-likeness (QED) is 0.287. The molecule has 37 heavy (non-hydrogen) atoms. The smallest absolute Gasteiger partial charge is 0.336 e. The number of aromatic carboxylic acids is 2. The van der Waals surface area contributed by atoms with Gasteiger partial charge in [-0.1, -0.05) is 24.3 Å². The van der Waals surface area contributed by atoms with Crippen molar-refractivity contribution in [2.24, 2.45) is 5.14 Å². The topological polar surface area (TPSA) is 160 Å². The molecule has 0 amide bonds. The first-order chi connectivity index (χ1) is 17.4. The van der Waals surface area contributed by atoms with Gasteiger partial charge in [0.1, 0.15) is 0 Å². The summed E-state index contributed by atoms with van der Waals surface area (Å²) in [6, 6.07) is 16.7. The van der Waals surface area contributed by atoms with Gasteiger partial charge in [0.2, 0.25) is 10.0 Å². The van der Waals surface area contributed by atoms with Gasteiger partial charge in [-0.3, -0.25) is 0 Å². The Bertz CT molecular complexity index is 1550. The molecule has 0 saturated heterocycles. The fourth-order valence-corrected chi connectivity index (χ4v) is 4.13. The zero-order valence-corrected chi connectivity index (χ0v) is 20.5. The molecule has 1 aromatic heterocycles. The number of primary sulfonamides is 1. The number of hydrogen-bond donors (Lipinski definition) is 4. The molecule has 1 heterocycles. The number of sulfonamides is 1. The average Bonchev–Trinajstić information content (AvgIpc) is 3.38. The molecule has 0 atom stereocenters. The van der Waals surface area contributed by atoms with Crippen LogP contribution in [0.1, 0.15) is 26.3 Å². The zero-order chi connectivity index (χ0) is 27.3. The number of aryl methyl sites for hydroxylation is 1. The number of carboxylic acids is 2. The van der Waals surface area contributed by atoms with Crippen molar-refractivity contribution in [3.05, 3.63) is 95.4 Å². The molecule has 0 spiro atoms. The molecule has 0 aliphatic carbocycles. The first-order valence-corrected chi connectivity index (χ1v) is 12.2. The molecule has 0 radical (unpaired) electrons. The third kappa shape index (κ3) is 6.21. The van der Waals surface area contributed by atoms with Crippen molar-refractivity contribution >= 4 is 22.0 Å². The Balaban J connectivity index is 0.000000220. The second kappa shape index (κ2) is 11.1. The van der Waals surface area contributed by atoms with Gasteiger partial charge in [0.25, 0.3) is 0 Å². The number of benzene rings is 3. The van der Waals surface area contributed by atoms with Crippen LogP contribution in [0.2, 0.25) is 0 Å². The Kier molecular flexibility index (Phi) is 8.11. The van der Waals surface area contributed by atoms with Crippen LogP contribution >= 0.6 is 0 Å². The summed E-state index contributed by atoms with van der Waals surface area (Å²) in [6.07, 6.45) is 1.81. The lowest BCUT2D eigenvalue weighted by Crippen LogP contribution is -2.11. The number of rotatable bonds is 6. The third-order valence-electron chi connectivity index (χ3n) is 5.39. The van der Waals surface area contributed by atoms with Crippen LogP contribution in [0.5, 0.6) is 5.75 Å². The van der Waals surface area contributed by atoms with E-state index in [4.69, 9.17) is 9.88 Å². The van der Waals surface area contributed by atoms with E-state index in [0.29, 0.717) is 5.56 Å². The van der Waals surface area contributed by atoms with E-state index in [0.717, 1.165) is 17.3 Å². The highest BCUT2D eigenvalue weighted by molar-refractivity contribution is 7.89. The van der Waals surface area contributed by atoms with E-state index >= 15 is 0 Å². The van der Waals surface area contributed by atoms with Crippen molar-refractivity contribution in [1.82, 2.24) is 4.98 Å². The minimum atomic E-state index is -3.60. The van der Waals surface area contributed by atoms with E-state index in [1.54, 1.807) is 19.1 Å². The molecule has 4 rings (SSSR count). The standard InChI is InChI=1S/C16H13FO5.C10H10N2O2S/c1-8-3-5-10(15(18)19)14(13(8)16(20)21)9-4-6-12(22-2)11(17)7-9;11-15(13,14)9-5-3-8(4-6-9)10-2-1-7-12-10/h3-7H,1-2H3,(H,18,19)(H,20,21);1-7,12H,(H2,11,13,14). The largest absolute Gasteiger partial charge is 0.494 e. The lowest BCUT2D eigenvalue weighted by atomic mass is 9.91. The SMILES string of the molecule is COc1ccc(-c2c(C(=O)O)ccc(C)c2C(=O)O)cc1F.NS(=O)(=O)c1ccc(-c2ccc[nH]2)cc1. The van der Waals surface area contributed by atoms with E-state index < -0.39 is 27.8 Å². The van der Waals surface area contributed by atoms with Crippen molar-refractivity contribution in [3.63, 3.8) is 0 Å². The van der Waals surface area contributed by atoms with E-state index in [1.807, 2.05) is 18.3 Å². The number of ether oxygens (including phenoxy) is 1. The predicted octanol–water partition coefficient (Wildman–Crippen LogP) is 4.54. The Hall–Kier alpha value is -4.48. The van der Waals surface area contributed by atoms with Gasteiger partial charge in [0.05, 0.1) is 23.1 Å². The molecule has 0 bridgehead atoms. The maximum absolute atomic E-state index is 13.9. The van der Waals surface area contributed by atoms with Gasteiger partial charge in [0, 0.05) is 17.5 Å². The summed E-state index contributed by atoms with van der Waals surface area (Å²) in [4.78, 5) is 26.0. The molecule has 5 N–H and O–H groups in total. The summed E-state index contributed by atoms with van der Waals surface area (Å²) >= 11 is 0. The Morgan fingerprint density at radius 3 is 2.08 bits per heavy atom. The lowest BCUT2D eigenvalue weighted by Gasteiger charge is -2.13. The molecule has 0 unspecified atom stereocenters. The van der Waals surface area contributed by atoms with Gasteiger partial charge in [-0.05, 0) is 66.1 Å². The number of carboxylic acid groups (broad SMARTS) is 2. The second-order valence-electron chi connectivity index (χ2n) is 7.79. The summed E-state index contributed by atoms with van der Waals surface area (Å²) < 4.78 is 40.7. The summed E-state index contributed by atoms with van der Waals surface area (Å²) in [5.41, 5.74) is 2.03. The second-order valence-corrected chi connectivity index (χ2v) is 9.35. The van der Waals surface area contributed by atoms with Crippen LogP contribution in [-0.4, -0.2) is 42.7 Å². The number of halogens is 1. The van der Waals surface area contributed by atoms with Crippen LogP contribution in [0.15, 0.2) is 77.8 Å². The van der Waals surface area contributed by atoms with Crippen molar-refractivity contribution in [3.8, 4) is 28.1 Å². The molecular weight excluding hydrogens is 503 g/mol. The normalized spacial score (nSPS) is 10.8. The highest BCUT2D eigenvalue weighted by atomic mass is 32.2. The number of nitrogens with one attached hydrogen (secondary N) is 1. The summed E-state index contributed by atoms with van der Waals surface area (Å²) in [5, 5.41) is 23.6. The van der Waals surface area contributed by atoms with E-state index in [-0.39, 0.29) is 32.9 Å². The monoisotopic (exact) mass is 526 g/mol. The Morgan fingerprint density at radius 2 is 1.59 bits per heavy atom. The minimum Gasteiger partial charge on any atom is -0.494 e. The number of carbonyl (C=O) groups is 2. The summed E-state index contributed by atoms with van der Waals surface area (Å²) in [6.45, 7) is 1.55. The molecule has 192 valence electrons. The van der Waals surface area contributed by atoms with Crippen LogP contribution in [0.3, 0.4) is 0 Å². The maximum atomic E-state index is 13.9. The molecule has 0 fully saturated rings. The van der Waals surface area contributed by atoms with Crippen LogP contribution < -0.4 is 9.88 Å². The van der Waals surface area contributed by atoms with Crippen molar-refractivity contribution in [2.45, 2.75) is 11.8 Å². The molecule has 0 aliphatic heterocycles. The van der Waals surface area contributed by atoms with Gasteiger partial charge in [0.15, 0.2) is 11.6 Å². The molecular formula is C26H23FN2O7S. The van der Waals surface area contributed by atoms with Crippen LogP contribution in [0, 0.1) is 12.7 Å². The van der Waals surface area contributed by atoms with Gasteiger partial charge in [-0.2, -0.15) is 0 Å². The van der Waals surface area contributed by atoms with Gasteiger partial charge in [-0.15, -0.1) is 0 Å². The van der Waals surface area contributed by atoms with Crippen LogP contribution in [0.4, 0.5) is 4.39 Å². The molecule has 0 aliphatic rings. The molecule has 11 heteroatoms. The number of aromatic nitrogens is 1. The first kappa shape index (κ1) is 27.1.